The quantitative estimate of drug-likeness (QED) is 0.913. The van der Waals surface area contributed by atoms with E-state index in [2.05, 4.69) is 5.32 Å². The number of piperidine rings is 1. The summed E-state index contributed by atoms with van der Waals surface area (Å²) in [7, 11) is -3.57. The van der Waals surface area contributed by atoms with Crippen LogP contribution in [0.25, 0.3) is 0 Å². The molecule has 0 unspecified atom stereocenters. The van der Waals surface area contributed by atoms with Crippen LogP contribution in [0.4, 0.5) is 0 Å². The highest BCUT2D eigenvalue weighted by molar-refractivity contribution is 7.89. The van der Waals surface area contributed by atoms with E-state index in [4.69, 9.17) is 11.6 Å². The average Bonchev–Trinajstić information content (AvgIpc) is 2.47. The molecule has 122 valence electrons. The number of nitrogens with one attached hydrogen (secondary N) is 1. The number of nitrogens with zero attached hydrogens (tertiary/aromatic N) is 1. The molecule has 1 aromatic carbocycles. The molecule has 7 heteroatoms. The fourth-order valence-corrected chi connectivity index (χ4v) is 4.18. The van der Waals surface area contributed by atoms with Crippen LogP contribution in [0.3, 0.4) is 0 Å². The molecule has 1 amide bonds. The van der Waals surface area contributed by atoms with Crippen LogP contribution in [0, 0.1) is 0 Å². The minimum Gasteiger partial charge on any atom is -0.350 e. The first-order valence-electron chi connectivity index (χ1n) is 7.43. The van der Waals surface area contributed by atoms with Crippen molar-refractivity contribution >= 4 is 27.5 Å². The lowest BCUT2D eigenvalue weighted by molar-refractivity contribution is 0.0943. The van der Waals surface area contributed by atoms with Gasteiger partial charge >= 0.3 is 0 Å². The zero-order valence-corrected chi connectivity index (χ0v) is 14.4. The van der Waals surface area contributed by atoms with Gasteiger partial charge in [-0.2, -0.15) is 4.31 Å². The Hall–Kier alpha value is -1.11. The molecule has 22 heavy (non-hydrogen) atoms. The van der Waals surface area contributed by atoms with Gasteiger partial charge in [0.15, 0.2) is 0 Å². The van der Waals surface area contributed by atoms with Crippen molar-refractivity contribution in [1.82, 2.24) is 9.62 Å². The zero-order valence-electron chi connectivity index (χ0n) is 12.8. The van der Waals surface area contributed by atoms with Crippen molar-refractivity contribution in [3.63, 3.8) is 0 Å². The lowest BCUT2D eigenvalue weighted by Gasteiger charge is -2.26. The Bertz CT molecular complexity index is 653. The van der Waals surface area contributed by atoms with Crippen LogP contribution < -0.4 is 5.32 Å². The van der Waals surface area contributed by atoms with E-state index in [9.17, 15) is 13.2 Å². The van der Waals surface area contributed by atoms with Gasteiger partial charge in [0.1, 0.15) is 0 Å². The first kappa shape index (κ1) is 17.2. The maximum absolute atomic E-state index is 12.6. The van der Waals surface area contributed by atoms with Crippen molar-refractivity contribution in [2.45, 2.75) is 44.0 Å². The SMILES string of the molecule is CC(C)NC(=O)c1cc(S(=O)(=O)N2CCCCC2)ccc1Cl. The van der Waals surface area contributed by atoms with E-state index < -0.39 is 10.0 Å². The summed E-state index contributed by atoms with van der Waals surface area (Å²) in [5.41, 5.74) is 0.188. The monoisotopic (exact) mass is 344 g/mol. The Morgan fingerprint density at radius 1 is 1.23 bits per heavy atom. The van der Waals surface area contributed by atoms with E-state index in [0.29, 0.717) is 13.1 Å². The molecule has 0 bridgehead atoms. The first-order chi connectivity index (χ1) is 10.3. The molecule has 2 rings (SSSR count). The van der Waals surface area contributed by atoms with Crippen molar-refractivity contribution in [2.75, 3.05) is 13.1 Å². The fraction of sp³-hybridized carbons (Fsp3) is 0.533. The van der Waals surface area contributed by atoms with Crippen molar-refractivity contribution in [1.29, 1.82) is 0 Å². The summed E-state index contributed by atoms with van der Waals surface area (Å²) < 4.78 is 26.8. The lowest BCUT2D eigenvalue weighted by atomic mass is 10.2. The van der Waals surface area contributed by atoms with Crippen LogP contribution in [0.15, 0.2) is 23.1 Å². The highest BCUT2D eigenvalue weighted by atomic mass is 35.5. The second kappa shape index (κ2) is 6.98. The molecule has 0 aromatic heterocycles. The molecule has 0 spiro atoms. The Kier molecular flexibility index (Phi) is 5.47. The number of rotatable bonds is 4. The number of amides is 1. The maximum Gasteiger partial charge on any atom is 0.253 e. The highest BCUT2D eigenvalue weighted by Crippen LogP contribution is 2.25. The predicted molar refractivity (Wildman–Crippen MR) is 86.7 cm³/mol. The third kappa shape index (κ3) is 3.80. The summed E-state index contributed by atoms with van der Waals surface area (Å²) in [4.78, 5) is 12.2. The fourth-order valence-electron chi connectivity index (χ4n) is 2.43. The zero-order chi connectivity index (χ0) is 16.3. The van der Waals surface area contributed by atoms with E-state index in [1.807, 2.05) is 13.8 Å². The summed E-state index contributed by atoms with van der Waals surface area (Å²) in [6.45, 7) is 4.72. The van der Waals surface area contributed by atoms with Crippen molar-refractivity contribution < 1.29 is 13.2 Å². The molecule has 1 aliphatic heterocycles. The number of hydrogen-bond acceptors (Lipinski definition) is 3. The third-order valence-corrected chi connectivity index (χ3v) is 5.78. The largest absolute Gasteiger partial charge is 0.350 e. The highest BCUT2D eigenvalue weighted by Gasteiger charge is 2.27. The molecule has 1 fully saturated rings. The Balaban J connectivity index is 2.34. The van der Waals surface area contributed by atoms with Gasteiger partial charge in [0.2, 0.25) is 10.0 Å². The molecule has 0 saturated carbocycles. The van der Waals surface area contributed by atoms with Crippen molar-refractivity contribution in [2.24, 2.45) is 0 Å². The van der Waals surface area contributed by atoms with Crippen LogP contribution in [-0.2, 0) is 10.0 Å². The molecule has 1 aromatic rings. The molecule has 0 atom stereocenters. The number of carbonyl (C=O) groups excluding carboxylic acids is 1. The van der Waals surface area contributed by atoms with E-state index in [1.54, 1.807) is 0 Å². The van der Waals surface area contributed by atoms with Gasteiger partial charge in [0.25, 0.3) is 5.91 Å². The minimum atomic E-state index is -3.57. The Morgan fingerprint density at radius 3 is 2.45 bits per heavy atom. The third-order valence-electron chi connectivity index (χ3n) is 3.56. The van der Waals surface area contributed by atoms with Crippen molar-refractivity contribution in [3.05, 3.63) is 28.8 Å². The second-order valence-corrected chi connectivity index (χ2v) is 8.08. The molecule has 0 radical (unpaired) electrons. The molecule has 1 aliphatic rings. The topological polar surface area (TPSA) is 66.5 Å². The summed E-state index contributed by atoms with van der Waals surface area (Å²) >= 11 is 6.04. The minimum absolute atomic E-state index is 0.0501. The normalized spacial score (nSPS) is 16.7. The number of halogens is 1. The van der Waals surface area contributed by atoms with Crippen LogP contribution >= 0.6 is 11.6 Å². The van der Waals surface area contributed by atoms with Gasteiger partial charge in [0, 0.05) is 19.1 Å². The van der Waals surface area contributed by atoms with E-state index >= 15 is 0 Å². The summed E-state index contributed by atoms with van der Waals surface area (Å²) in [5.74, 6) is -0.365. The number of benzene rings is 1. The van der Waals surface area contributed by atoms with Gasteiger partial charge in [-0.1, -0.05) is 18.0 Å². The van der Waals surface area contributed by atoms with E-state index in [1.165, 1.54) is 22.5 Å². The van der Waals surface area contributed by atoms with Crippen LogP contribution in [0.5, 0.6) is 0 Å². The molecular formula is C15H21ClN2O3S. The second-order valence-electron chi connectivity index (χ2n) is 5.73. The summed E-state index contributed by atoms with van der Waals surface area (Å²) in [6, 6.07) is 4.24. The predicted octanol–water partition coefficient (Wildman–Crippen LogP) is 2.65. The molecule has 0 aliphatic carbocycles. The molecule has 1 N–H and O–H groups in total. The van der Waals surface area contributed by atoms with Gasteiger partial charge < -0.3 is 5.32 Å². The Morgan fingerprint density at radius 2 is 1.86 bits per heavy atom. The van der Waals surface area contributed by atoms with Gasteiger partial charge in [0.05, 0.1) is 15.5 Å². The average molecular weight is 345 g/mol. The van der Waals surface area contributed by atoms with Crippen LogP contribution in [0.2, 0.25) is 5.02 Å². The summed E-state index contributed by atoms with van der Waals surface area (Å²) in [6.07, 6.45) is 2.79. The molecular weight excluding hydrogens is 324 g/mol. The standard InChI is InChI=1S/C15H21ClN2O3S/c1-11(2)17-15(19)13-10-12(6-7-14(13)16)22(20,21)18-8-4-3-5-9-18/h6-7,10-11H,3-5,8-9H2,1-2H3,(H,17,19). The maximum atomic E-state index is 12.6. The molecule has 5 nitrogen and oxygen atoms in total. The van der Waals surface area contributed by atoms with Crippen LogP contribution in [0.1, 0.15) is 43.5 Å². The smallest absolute Gasteiger partial charge is 0.253 e. The van der Waals surface area contributed by atoms with Crippen molar-refractivity contribution in [3.8, 4) is 0 Å². The van der Waals surface area contributed by atoms with Crippen LogP contribution in [-0.4, -0.2) is 37.8 Å². The number of hydrogen-bond donors (Lipinski definition) is 1. The van der Waals surface area contributed by atoms with E-state index in [0.717, 1.165) is 19.3 Å². The van der Waals surface area contributed by atoms with Gasteiger partial charge in [-0.3, -0.25) is 4.79 Å². The number of carbonyl (C=O) groups is 1. The number of sulfonamides is 1. The summed E-state index contributed by atoms with van der Waals surface area (Å²) in [5, 5.41) is 2.97. The lowest BCUT2D eigenvalue weighted by Crippen LogP contribution is -2.36. The Labute approximate surface area is 136 Å². The van der Waals surface area contributed by atoms with Gasteiger partial charge in [-0.15, -0.1) is 0 Å². The molecule has 1 saturated heterocycles. The first-order valence-corrected chi connectivity index (χ1v) is 9.25. The van der Waals surface area contributed by atoms with E-state index in [-0.39, 0.29) is 27.4 Å². The molecule has 1 heterocycles. The van der Waals surface area contributed by atoms with Gasteiger partial charge in [-0.25, -0.2) is 8.42 Å². The van der Waals surface area contributed by atoms with Gasteiger partial charge in [-0.05, 0) is 44.9 Å².